The molecule has 0 saturated heterocycles. The zero-order valence-electron chi connectivity index (χ0n) is 11.0. The first-order chi connectivity index (χ1) is 9.00. The highest BCUT2D eigenvalue weighted by Crippen LogP contribution is 2.35. The fourth-order valence-electron chi connectivity index (χ4n) is 2.52. The summed E-state index contributed by atoms with van der Waals surface area (Å²) < 4.78 is 0. The van der Waals surface area contributed by atoms with Crippen LogP contribution in [0.3, 0.4) is 0 Å². The van der Waals surface area contributed by atoms with E-state index in [9.17, 15) is 4.79 Å². The highest BCUT2D eigenvalue weighted by molar-refractivity contribution is 6.41. The summed E-state index contributed by atoms with van der Waals surface area (Å²) >= 11 is 11.6. The van der Waals surface area contributed by atoms with E-state index in [1.165, 1.54) is 38.3 Å². The van der Waals surface area contributed by atoms with Crippen molar-refractivity contribution >= 4 is 29.1 Å². The molecule has 104 valence electrons. The van der Waals surface area contributed by atoms with Gasteiger partial charge in [-0.25, -0.2) is 4.98 Å². The van der Waals surface area contributed by atoms with Crippen LogP contribution < -0.4 is 5.32 Å². The van der Waals surface area contributed by atoms with Gasteiger partial charge in [-0.15, -0.1) is 0 Å². The summed E-state index contributed by atoms with van der Waals surface area (Å²) in [6, 6.07) is 1.55. The number of aromatic nitrogens is 1. The predicted octanol–water partition coefficient (Wildman–Crippen LogP) is 4.09. The van der Waals surface area contributed by atoms with Crippen LogP contribution in [0.2, 0.25) is 10.2 Å². The zero-order chi connectivity index (χ0) is 13.9. The van der Waals surface area contributed by atoms with E-state index in [4.69, 9.17) is 23.2 Å². The third-order valence-corrected chi connectivity index (χ3v) is 4.48. The summed E-state index contributed by atoms with van der Waals surface area (Å²) in [5.74, 6) is -0.141. The number of nitrogens with one attached hydrogen (secondary N) is 1. The number of hydrogen-bond acceptors (Lipinski definition) is 2. The average molecular weight is 301 g/mol. The molecule has 1 aromatic rings. The summed E-state index contributed by atoms with van der Waals surface area (Å²) in [6.07, 6.45) is 7.61. The Morgan fingerprint density at radius 1 is 1.37 bits per heavy atom. The van der Waals surface area contributed by atoms with E-state index >= 15 is 0 Å². The third-order valence-electron chi connectivity index (χ3n) is 3.79. The molecule has 5 heteroatoms. The standard InChI is InChI=1S/C14H18Cl2N2O/c1-14(5-3-2-4-6-14)9-18-13(19)10-7-11(15)12(16)17-8-10/h7-8H,2-6,9H2,1H3,(H,18,19). The second-order valence-electron chi connectivity index (χ2n) is 5.55. The summed E-state index contributed by atoms with van der Waals surface area (Å²) in [6.45, 7) is 2.94. The Balaban J connectivity index is 1.95. The number of amides is 1. The van der Waals surface area contributed by atoms with E-state index in [0.29, 0.717) is 17.1 Å². The Bertz CT molecular complexity index is 471. The van der Waals surface area contributed by atoms with E-state index in [1.54, 1.807) is 6.07 Å². The van der Waals surface area contributed by atoms with Crippen LogP contribution >= 0.6 is 23.2 Å². The summed E-state index contributed by atoms with van der Waals surface area (Å²) in [5.41, 5.74) is 0.672. The number of pyridine rings is 1. The van der Waals surface area contributed by atoms with Crippen molar-refractivity contribution in [3.05, 3.63) is 28.0 Å². The van der Waals surface area contributed by atoms with Crippen molar-refractivity contribution in [2.24, 2.45) is 5.41 Å². The van der Waals surface area contributed by atoms with Gasteiger partial charge in [0.25, 0.3) is 5.91 Å². The lowest BCUT2D eigenvalue weighted by Gasteiger charge is -2.33. The molecule has 0 bridgehead atoms. The van der Waals surface area contributed by atoms with Crippen LogP contribution in [0.4, 0.5) is 0 Å². The predicted molar refractivity (Wildman–Crippen MR) is 77.8 cm³/mol. The van der Waals surface area contributed by atoms with Gasteiger partial charge in [0.05, 0.1) is 10.6 Å². The molecule has 0 spiro atoms. The second-order valence-corrected chi connectivity index (χ2v) is 6.32. The molecule has 0 radical (unpaired) electrons. The summed E-state index contributed by atoms with van der Waals surface area (Å²) in [4.78, 5) is 15.9. The monoisotopic (exact) mass is 300 g/mol. The molecule has 0 atom stereocenters. The lowest BCUT2D eigenvalue weighted by molar-refractivity contribution is 0.0919. The van der Waals surface area contributed by atoms with E-state index < -0.39 is 0 Å². The van der Waals surface area contributed by atoms with Gasteiger partial charge in [0.2, 0.25) is 0 Å². The molecule has 1 saturated carbocycles. The van der Waals surface area contributed by atoms with Crippen molar-refractivity contribution < 1.29 is 4.79 Å². The minimum atomic E-state index is -0.141. The molecule has 1 fully saturated rings. The number of halogens is 2. The van der Waals surface area contributed by atoms with Gasteiger partial charge in [0.15, 0.2) is 0 Å². The van der Waals surface area contributed by atoms with Crippen molar-refractivity contribution in [1.29, 1.82) is 0 Å². The van der Waals surface area contributed by atoms with Gasteiger partial charge in [-0.05, 0) is 24.3 Å². The molecule has 0 aliphatic heterocycles. The highest BCUT2D eigenvalue weighted by Gasteiger charge is 2.27. The van der Waals surface area contributed by atoms with Crippen molar-refractivity contribution in [2.75, 3.05) is 6.54 Å². The van der Waals surface area contributed by atoms with E-state index in [-0.39, 0.29) is 16.5 Å². The van der Waals surface area contributed by atoms with Crippen LogP contribution in [-0.4, -0.2) is 17.4 Å². The SMILES string of the molecule is CC1(CNC(=O)c2cnc(Cl)c(Cl)c2)CCCCC1. The van der Waals surface area contributed by atoms with Crippen molar-refractivity contribution in [2.45, 2.75) is 39.0 Å². The topological polar surface area (TPSA) is 42.0 Å². The van der Waals surface area contributed by atoms with E-state index in [0.717, 1.165) is 0 Å². The Morgan fingerprint density at radius 3 is 2.68 bits per heavy atom. The summed E-state index contributed by atoms with van der Waals surface area (Å²) in [7, 11) is 0. The lowest BCUT2D eigenvalue weighted by Crippen LogP contribution is -2.37. The van der Waals surface area contributed by atoms with Crippen molar-refractivity contribution in [1.82, 2.24) is 10.3 Å². The molecule has 2 rings (SSSR count). The second kappa shape index (κ2) is 6.10. The zero-order valence-corrected chi connectivity index (χ0v) is 12.5. The first-order valence-electron chi connectivity index (χ1n) is 6.59. The highest BCUT2D eigenvalue weighted by atomic mass is 35.5. The number of carbonyl (C=O) groups excluding carboxylic acids is 1. The van der Waals surface area contributed by atoms with Crippen LogP contribution in [0.15, 0.2) is 12.3 Å². The Labute approximate surface area is 123 Å². The molecule has 1 aromatic heterocycles. The van der Waals surface area contributed by atoms with Gasteiger partial charge in [0.1, 0.15) is 5.15 Å². The van der Waals surface area contributed by atoms with Gasteiger partial charge in [-0.3, -0.25) is 4.79 Å². The summed E-state index contributed by atoms with van der Waals surface area (Å²) in [5, 5.41) is 3.50. The molecular weight excluding hydrogens is 283 g/mol. The van der Waals surface area contributed by atoms with E-state index in [1.807, 2.05) is 0 Å². The van der Waals surface area contributed by atoms with Gasteiger partial charge in [-0.2, -0.15) is 0 Å². The smallest absolute Gasteiger partial charge is 0.252 e. The van der Waals surface area contributed by atoms with Crippen LogP contribution in [0, 0.1) is 5.41 Å². The van der Waals surface area contributed by atoms with Gasteiger partial charge < -0.3 is 5.32 Å². The van der Waals surface area contributed by atoms with Crippen LogP contribution in [0.5, 0.6) is 0 Å². The molecule has 1 heterocycles. The van der Waals surface area contributed by atoms with Gasteiger partial charge >= 0.3 is 0 Å². The fraction of sp³-hybridized carbons (Fsp3) is 0.571. The average Bonchev–Trinajstić information content (AvgIpc) is 2.40. The number of rotatable bonds is 3. The minimum absolute atomic E-state index is 0.141. The molecule has 1 N–H and O–H groups in total. The maximum absolute atomic E-state index is 12.0. The normalized spacial score (nSPS) is 18.1. The van der Waals surface area contributed by atoms with E-state index in [2.05, 4.69) is 17.2 Å². The molecular formula is C14H18Cl2N2O. The Hall–Kier alpha value is -0.800. The quantitative estimate of drug-likeness (QED) is 0.854. The Kier molecular flexibility index (Phi) is 4.69. The van der Waals surface area contributed by atoms with Crippen LogP contribution in [0.25, 0.3) is 0 Å². The largest absolute Gasteiger partial charge is 0.351 e. The van der Waals surface area contributed by atoms with Crippen molar-refractivity contribution in [3.8, 4) is 0 Å². The first kappa shape index (κ1) is 14.6. The van der Waals surface area contributed by atoms with Gasteiger partial charge in [0, 0.05) is 12.7 Å². The lowest BCUT2D eigenvalue weighted by atomic mass is 9.76. The minimum Gasteiger partial charge on any atom is -0.351 e. The molecule has 3 nitrogen and oxygen atoms in total. The number of carbonyl (C=O) groups is 1. The molecule has 0 aromatic carbocycles. The number of nitrogens with zero attached hydrogens (tertiary/aromatic N) is 1. The molecule has 1 aliphatic carbocycles. The first-order valence-corrected chi connectivity index (χ1v) is 7.35. The van der Waals surface area contributed by atoms with Gasteiger partial charge in [-0.1, -0.05) is 49.4 Å². The molecule has 19 heavy (non-hydrogen) atoms. The fourth-order valence-corrected chi connectivity index (χ4v) is 2.79. The number of hydrogen-bond donors (Lipinski definition) is 1. The van der Waals surface area contributed by atoms with Crippen molar-refractivity contribution in [3.63, 3.8) is 0 Å². The molecule has 1 aliphatic rings. The third kappa shape index (κ3) is 3.83. The molecule has 1 amide bonds. The maximum atomic E-state index is 12.0. The van der Waals surface area contributed by atoms with Crippen LogP contribution in [-0.2, 0) is 0 Å². The maximum Gasteiger partial charge on any atom is 0.252 e. The molecule has 0 unspecified atom stereocenters. The Morgan fingerprint density at radius 2 is 2.05 bits per heavy atom. The van der Waals surface area contributed by atoms with Crippen LogP contribution in [0.1, 0.15) is 49.4 Å².